The van der Waals surface area contributed by atoms with Gasteiger partial charge in [-0.15, -0.1) is 0 Å². The van der Waals surface area contributed by atoms with Gasteiger partial charge in [0.05, 0.1) is 7.11 Å². The third-order valence-electron chi connectivity index (χ3n) is 1.38. The molecule has 1 unspecified atom stereocenters. The van der Waals surface area contributed by atoms with Crippen LogP contribution in [0.1, 0.15) is 6.92 Å². The smallest absolute Gasteiger partial charge is 0.235 e. The molecule has 0 aliphatic carbocycles. The molecular weight excluding hydrogens is 239 g/mol. The molecule has 1 rings (SSSR count). The third kappa shape index (κ3) is 3.22. The first-order chi connectivity index (χ1) is 6.11. The Morgan fingerprint density at radius 3 is 2.46 bits per heavy atom. The highest BCUT2D eigenvalue weighted by Gasteiger charge is 2.03. The molecule has 0 aliphatic heterocycles. The number of alkyl halides is 1. The van der Waals surface area contributed by atoms with E-state index in [0.29, 0.717) is 11.5 Å². The first-order valence-corrected chi connectivity index (χ1v) is 4.56. The fraction of sp³-hybridized carbons (Fsp3) is 0.333. The van der Waals surface area contributed by atoms with Crippen molar-refractivity contribution < 1.29 is 13.9 Å². The van der Waals surface area contributed by atoms with Crippen LogP contribution < -0.4 is 9.47 Å². The highest BCUT2D eigenvalue weighted by molar-refractivity contribution is 9.10. The molecule has 2 nitrogen and oxygen atoms in total. The minimum atomic E-state index is -1.32. The van der Waals surface area contributed by atoms with Crippen molar-refractivity contribution in [2.45, 2.75) is 13.3 Å². The van der Waals surface area contributed by atoms with Crippen LogP contribution in [0.2, 0.25) is 0 Å². The summed E-state index contributed by atoms with van der Waals surface area (Å²) in [6, 6.07) is 5.08. The molecule has 13 heavy (non-hydrogen) atoms. The van der Waals surface area contributed by atoms with Gasteiger partial charge in [-0.05, 0) is 12.1 Å². The molecule has 1 atom stereocenters. The third-order valence-corrected chi connectivity index (χ3v) is 1.84. The van der Waals surface area contributed by atoms with Crippen LogP contribution in [0.25, 0.3) is 0 Å². The second-order valence-corrected chi connectivity index (χ2v) is 3.40. The van der Waals surface area contributed by atoms with Gasteiger partial charge in [0.25, 0.3) is 0 Å². The van der Waals surface area contributed by atoms with Crippen molar-refractivity contribution in [1.82, 2.24) is 0 Å². The lowest BCUT2D eigenvalue weighted by Gasteiger charge is -2.08. The Labute approximate surface area is 84.8 Å². The van der Waals surface area contributed by atoms with E-state index in [1.54, 1.807) is 25.3 Å². The molecule has 0 aromatic heterocycles. The molecule has 0 saturated heterocycles. The molecule has 0 radical (unpaired) electrons. The summed E-state index contributed by atoms with van der Waals surface area (Å²) in [4.78, 5) is 0. The molecule has 1 aromatic rings. The van der Waals surface area contributed by atoms with Crippen molar-refractivity contribution in [3.05, 3.63) is 22.7 Å². The van der Waals surface area contributed by atoms with E-state index in [-0.39, 0.29) is 0 Å². The minimum Gasteiger partial charge on any atom is -0.497 e. The van der Waals surface area contributed by atoms with Crippen LogP contribution in [-0.2, 0) is 0 Å². The van der Waals surface area contributed by atoms with Crippen molar-refractivity contribution in [3.8, 4) is 11.5 Å². The summed E-state index contributed by atoms with van der Waals surface area (Å²) in [6.07, 6.45) is -1.32. The highest BCUT2D eigenvalue weighted by atomic mass is 79.9. The Morgan fingerprint density at radius 2 is 1.92 bits per heavy atom. The molecule has 72 valence electrons. The van der Waals surface area contributed by atoms with Gasteiger partial charge in [-0.25, -0.2) is 4.39 Å². The fourth-order valence-corrected chi connectivity index (χ4v) is 1.36. The Balaban J connectivity index is 2.88. The Morgan fingerprint density at radius 1 is 1.31 bits per heavy atom. The van der Waals surface area contributed by atoms with E-state index >= 15 is 0 Å². The molecule has 0 aliphatic rings. The van der Waals surface area contributed by atoms with Crippen molar-refractivity contribution in [1.29, 1.82) is 0 Å². The number of methoxy groups -OCH3 is 1. The Kier molecular flexibility index (Phi) is 3.54. The first-order valence-electron chi connectivity index (χ1n) is 3.77. The highest BCUT2D eigenvalue weighted by Crippen LogP contribution is 2.26. The number of benzene rings is 1. The maximum absolute atomic E-state index is 12.5. The van der Waals surface area contributed by atoms with Crippen LogP contribution >= 0.6 is 15.9 Å². The topological polar surface area (TPSA) is 18.5 Å². The summed E-state index contributed by atoms with van der Waals surface area (Å²) in [5.41, 5.74) is 0. The van der Waals surface area contributed by atoms with Gasteiger partial charge in [0, 0.05) is 17.5 Å². The zero-order valence-electron chi connectivity index (χ0n) is 7.38. The monoisotopic (exact) mass is 248 g/mol. The first kappa shape index (κ1) is 10.3. The summed E-state index contributed by atoms with van der Waals surface area (Å²) in [7, 11) is 1.55. The largest absolute Gasteiger partial charge is 0.497 e. The summed E-state index contributed by atoms with van der Waals surface area (Å²) in [5.74, 6) is 1.08. The van der Waals surface area contributed by atoms with Gasteiger partial charge >= 0.3 is 0 Å². The van der Waals surface area contributed by atoms with Gasteiger partial charge < -0.3 is 9.47 Å². The van der Waals surface area contributed by atoms with Crippen LogP contribution in [0.4, 0.5) is 4.39 Å². The van der Waals surface area contributed by atoms with Gasteiger partial charge in [-0.1, -0.05) is 15.9 Å². The molecule has 0 bridgehead atoms. The second-order valence-electron chi connectivity index (χ2n) is 2.49. The average molecular weight is 249 g/mol. The fourth-order valence-electron chi connectivity index (χ4n) is 0.910. The van der Waals surface area contributed by atoms with E-state index < -0.39 is 6.36 Å². The Bertz CT molecular complexity index is 289. The normalized spacial score (nSPS) is 12.3. The second kappa shape index (κ2) is 4.46. The van der Waals surface area contributed by atoms with E-state index in [1.807, 2.05) is 0 Å². The summed E-state index contributed by atoms with van der Waals surface area (Å²) in [5, 5.41) is 0. The van der Waals surface area contributed by atoms with E-state index in [0.717, 1.165) is 4.47 Å². The van der Waals surface area contributed by atoms with Crippen LogP contribution in [0.5, 0.6) is 11.5 Å². The average Bonchev–Trinajstić information content (AvgIpc) is 2.01. The molecule has 0 spiro atoms. The van der Waals surface area contributed by atoms with Crippen LogP contribution in [0, 0.1) is 0 Å². The summed E-state index contributed by atoms with van der Waals surface area (Å²) in [6.45, 7) is 1.33. The van der Waals surface area contributed by atoms with Gasteiger partial charge in [0.1, 0.15) is 11.5 Å². The van der Waals surface area contributed by atoms with Crippen molar-refractivity contribution in [2.24, 2.45) is 0 Å². The van der Waals surface area contributed by atoms with E-state index in [4.69, 9.17) is 9.47 Å². The zero-order chi connectivity index (χ0) is 9.84. The van der Waals surface area contributed by atoms with Gasteiger partial charge in [-0.2, -0.15) is 0 Å². The predicted molar refractivity (Wildman–Crippen MR) is 51.9 cm³/mol. The molecule has 0 heterocycles. The maximum atomic E-state index is 12.5. The van der Waals surface area contributed by atoms with E-state index in [2.05, 4.69) is 15.9 Å². The molecule has 0 fully saturated rings. The summed E-state index contributed by atoms with van der Waals surface area (Å²) < 4.78 is 23.1. The van der Waals surface area contributed by atoms with Gasteiger partial charge in [-0.3, -0.25) is 0 Å². The summed E-state index contributed by atoms with van der Waals surface area (Å²) >= 11 is 3.26. The van der Waals surface area contributed by atoms with Crippen LogP contribution in [-0.4, -0.2) is 13.5 Å². The van der Waals surface area contributed by atoms with Crippen molar-refractivity contribution in [3.63, 3.8) is 0 Å². The Hall–Kier alpha value is -0.770. The number of rotatable bonds is 3. The van der Waals surface area contributed by atoms with Crippen LogP contribution in [0.15, 0.2) is 22.7 Å². The maximum Gasteiger partial charge on any atom is 0.235 e. The lowest BCUT2D eigenvalue weighted by atomic mass is 10.3. The van der Waals surface area contributed by atoms with E-state index in [9.17, 15) is 4.39 Å². The number of halogens is 2. The molecule has 1 aromatic carbocycles. The molecule has 0 amide bonds. The lowest BCUT2D eigenvalue weighted by molar-refractivity contribution is 0.0857. The quantitative estimate of drug-likeness (QED) is 0.819. The zero-order valence-corrected chi connectivity index (χ0v) is 8.97. The van der Waals surface area contributed by atoms with Gasteiger partial charge in [0.15, 0.2) is 0 Å². The minimum absolute atomic E-state index is 0.446. The molecule has 0 N–H and O–H groups in total. The number of ether oxygens (including phenoxy) is 2. The number of hydrogen-bond donors (Lipinski definition) is 0. The van der Waals surface area contributed by atoms with E-state index in [1.165, 1.54) is 6.92 Å². The predicted octanol–water partition coefficient (Wildman–Crippen LogP) is 3.15. The van der Waals surface area contributed by atoms with Gasteiger partial charge in [0.2, 0.25) is 6.36 Å². The molecular formula is C9H10BrFO2. The number of hydrogen-bond acceptors (Lipinski definition) is 2. The van der Waals surface area contributed by atoms with Crippen molar-refractivity contribution in [2.75, 3.05) is 7.11 Å². The lowest BCUT2D eigenvalue weighted by Crippen LogP contribution is -2.03. The molecule has 4 heteroatoms. The van der Waals surface area contributed by atoms with Crippen molar-refractivity contribution >= 4 is 15.9 Å². The standard InChI is InChI=1S/C9H10BrFO2/c1-6(11)13-9-4-7(10)3-8(5-9)12-2/h3-6H,1-2H3. The SMILES string of the molecule is COc1cc(Br)cc(OC(C)F)c1. The molecule has 0 saturated carbocycles. The van der Waals surface area contributed by atoms with Crippen LogP contribution in [0.3, 0.4) is 0 Å².